The van der Waals surface area contributed by atoms with Crippen molar-refractivity contribution in [1.82, 2.24) is 26.4 Å². The molecule has 0 radical (unpaired) electrons. The Labute approximate surface area is 200 Å². The van der Waals surface area contributed by atoms with E-state index in [1.54, 1.807) is 19.2 Å². The molecule has 33 heavy (non-hydrogen) atoms. The number of nitrogens with two attached hydrogens (primary N) is 2. The third-order valence-corrected chi connectivity index (χ3v) is 5.15. The van der Waals surface area contributed by atoms with E-state index in [-0.39, 0.29) is 36.1 Å². The zero-order chi connectivity index (χ0) is 25.2. The van der Waals surface area contributed by atoms with Gasteiger partial charge in [0.15, 0.2) is 0 Å². The molecule has 1 rings (SSSR count). The summed E-state index contributed by atoms with van der Waals surface area (Å²) in [5, 5.41) is 5.33. The van der Waals surface area contributed by atoms with Crippen LogP contribution in [0.2, 0.25) is 0 Å². The third-order valence-electron chi connectivity index (χ3n) is 4.82. The molecule has 3 atom stereocenters. The molecule has 0 aromatic rings. The smallest absolute Gasteiger partial charge is 0.252 e. The molecule has 3 amide bonds. The average Bonchev–Trinajstić information content (AvgIpc) is 2.73. The van der Waals surface area contributed by atoms with Crippen molar-refractivity contribution in [2.45, 2.75) is 38.6 Å². The second kappa shape index (κ2) is 12.9. The van der Waals surface area contributed by atoms with Crippen LogP contribution in [-0.4, -0.2) is 54.2 Å². The zero-order valence-corrected chi connectivity index (χ0v) is 20.4. The molecule has 8 N–H and O–H groups in total. The van der Waals surface area contributed by atoms with Gasteiger partial charge in [0.05, 0.1) is 11.9 Å². The van der Waals surface area contributed by atoms with Crippen LogP contribution in [-0.2, 0) is 14.4 Å². The van der Waals surface area contributed by atoms with E-state index in [1.165, 1.54) is 18.5 Å². The predicted octanol–water partition coefficient (Wildman–Crippen LogP) is 0.156. The molecule has 10 nitrogen and oxygen atoms in total. The highest BCUT2D eigenvalue weighted by Gasteiger charge is 2.32. The number of hydrogen-bond acceptors (Lipinski definition) is 7. The highest BCUT2D eigenvalue weighted by Crippen LogP contribution is 2.27. The summed E-state index contributed by atoms with van der Waals surface area (Å²) in [7, 11) is 1.67. The van der Waals surface area contributed by atoms with Gasteiger partial charge in [0.1, 0.15) is 6.54 Å². The highest BCUT2D eigenvalue weighted by atomic mass is 35.5. The number of halogens is 1. The van der Waals surface area contributed by atoms with Crippen molar-refractivity contribution in [3.63, 3.8) is 0 Å². The van der Waals surface area contributed by atoms with E-state index >= 15 is 0 Å². The molecule has 0 fully saturated rings. The number of nitrogens with zero attached hydrogens (tertiary/aromatic N) is 1. The third kappa shape index (κ3) is 9.58. The van der Waals surface area contributed by atoms with Crippen molar-refractivity contribution in [3.05, 3.63) is 48.6 Å². The Morgan fingerprint density at radius 3 is 2.48 bits per heavy atom. The first-order chi connectivity index (χ1) is 15.4. The van der Waals surface area contributed by atoms with E-state index in [1.807, 2.05) is 20.8 Å². The van der Waals surface area contributed by atoms with Gasteiger partial charge in [-0.05, 0) is 6.42 Å². The number of hydrazine groups is 1. The first-order valence-corrected chi connectivity index (χ1v) is 11.0. The van der Waals surface area contributed by atoms with E-state index in [2.05, 4.69) is 28.1 Å². The Kier molecular flexibility index (Phi) is 11.0. The minimum absolute atomic E-state index is 0.103. The lowest BCUT2D eigenvalue weighted by Crippen LogP contribution is -2.48. The second-order valence-electron chi connectivity index (χ2n) is 8.68. The van der Waals surface area contributed by atoms with E-state index < -0.39 is 23.1 Å². The van der Waals surface area contributed by atoms with Gasteiger partial charge in [-0.2, -0.15) is 0 Å². The molecule has 0 saturated heterocycles. The van der Waals surface area contributed by atoms with Crippen molar-refractivity contribution >= 4 is 29.3 Å². The van der Waals surface area contributed by atoms with Gasteiger partial charge in [0.2, 0.25) is 11.8 Å². The monoisotopic (exact) mass is 481 g/mol. The van der Waals surface area contributed by atoms with Crippen LogP contribution in [0.25, 0.3) is 0 Å². The van der Waals surface area contributed by atoms with Gasteiger partial charge in [-0.25, -0.2) is 5.43 Å². The number of hydrogen-bond donors (Lipinski definition) is 6. The van der Waals surface area contributed by atoms with Crippen molar-refractivity contribution in [1.29, 1.82) is 0 Å². The SMILES string of the molecule is C=CN(CC(=O)NC/C(N)=C/NNC)C(=O)/C=C(\N)C1C=C[C@@H](Cl)CC1NC(=O)C(C)(C)C. The van der Waals surface area contributed by atoms with Crippen molar-refractivity contribution in [2.24, 2.45) is 22.8 Å². The molecule has 0 aromatic heterocycles. The fourth-order valence-electron chi connectivity index (χ4n) is 2.90. The Hall–Kier alpha value is -2.98. The van der Waals surface area contributed by atoms with Crippen LogP contribution in [0.3, 0.4) is 0 Å². The molecule has 1 aliphatic rings. The van der Waals surface area contributed by atoms with E-state index in [4.69, 9.17) is 23.1 Å². The molecule has 0 bridgehead atoms. The average molecular weight is 482 g/mol. The Balaban J connectivity index is 2.85. The maximum atomic E-state index is 12.7. The van der Waals surface area contributed by atoms with Gasteiger partial charge in [-0.15, -0.1) is 11.6 Å². The molecule has 11 heteroatoms. The summed E-state index contributed by atoms with van der Waals surface area (Å²) in [4.78, 5) is 38.5. The van der Waals surface area contributed by atoms with Gasteiger partial charge in [0.25, 0.3) is 5.91 Å². The van der Waals surface area contributed by atoms with Gasteiger partial charge >= 0.3 is 0 Å². The summed E-state index contributed by atoms with van der Waals surface area (Å²) in [6.07, 6.45) is 8.03. The molecule has 1 aliphatic carbocycles. The lowest BCUT2D eigenvalue weighted by Gasteiger charge is -2.33. The Morgan fingerprint density at radius 1 is 1.24 bits per heavy atom. The fraction of sp³-hybridized carbons (Fsp3) is 0.500. The molecular weight excluding hydrogens is 446 g/mol. The summed E-state index contributed by atoms with van der Waals surface area (Å²) in [5.74, 6) is -1.49. The Morgan fingerprint density at radius 2 is 1.91 bits per heavy atom. The number of carbonyl (C=O) groups is 3. The number of nitrogens with one attached hydrogen (secondary N) is 4. The van der Waals surface area contributed by atoms with E-state index in [0.29, 0.717) is 12.1 Å². The molecule has 184 valence electrons. The van der Waals surface area contributed by atoms with E-state index in [9.17, 15) is 14.4 Å². The molecule has 0 saturated carbocycles. The standard InChI is InChI=1S/C22H36ClN7O3/c1-6-30(13-19(31)27-11-15(24)12-28-26-5)20(32)10-17(25)16-8-7-14(23)9-18(16)29-21(33)22(2,3)4/h6-8,10,12,14,16,18,26,28H,1,9,11,13,24-25H2,2-5H3,(H,27,31)(H,29,33)/b15-12-,17-10-/t14-,16?,18?/m1/s1. The van der Waals surface area contributed by atoms with Crippen molar-refractivity contribution in [3.8, 4) is 0 Å². The fourth-order valence-corrected chi connectivity index (χ4v) is 3.18. The molecule has 0 aromatic carbocycles. The van der Waals surface area contributed by atoms with Crippen molar-refractivity contribution in [2.75, 3.05) is 20.1 Å². The van der Waals surface area contributed by atoms with Crippen LogP contribution < -0.4 is 33.0 Å². The predicted molar refractivity (Wildman–Crippen MR) is 130 cm³/mol. The molecule has 2 unspecified atom stereocenters. The van der Waals surface area contributed by atoms with Crippen LogP contribution >= 0.6 is 11.6 Å². The van der Waals surface area contributed by atoms with Crippen LogP contribution in [0.15, 0.2) is 48.6 Å². The van der Waals surface area contributed by atoms with Gasteiger partial charge in [-0.1, -0.05) is 39.5 Å². The molecule has 0 spiro atoms. The van der Waals surface area contributed by atoms with Crippen molar-refractivity contribution < 1.29 is 14.4 Å². The van der Waals surface area contributed by atoms with Crippen LogP contribution in [0.1, 0.15) is 27.2 Å². The largest absolute Gasteiger partial charge is 0.401 e. The number of rotatable bonds is 10. The second-order valence-corrected chi connectivity index (χ2v) is 9.24. The quantitative estimate of drug-likeness (QED) is 0.112. The number of alkyl halides is 1. The Bertz CT molecular complexity index is 817. The zero-order valence-electron chi connectivity index (χ0n) is 19.7. The minimum Gasteiger partial charge on any atom is -0.401 e. The summed E-state index contributed by atoms with van der Waals surface area (Å²) in [6.45, 7) is 8.87. The first-order valence-electron chi connectivity index (χ1n) is 10.6. The maximum absolute atomic E-state index is 12.7. The maximum Gasteiger partial charge on any atom is 0.252 e. The summed E-state index contributed by atoms with van der Waals surface area (Å²) in [6, 6.07) is -0.366. The van der Waals surface area contributed by atoms with E-state index in [0.717, 1.165) is 4.90 Å². The van der Waals surface area contributed by atoms with Gasteiger partial charge < -0.3 is 32.4 Å². The molecule has 0 heterocycles. The lowest BCUT2D eigenvalue weighted by atomic mass is 9.85. The summed E-state index contributed by atoms with van der Waals surface area (Å²) in [5.41, 5.74) is 17.4. The number of carbonyl (C=O) groups excluding carboxylic acids is 3. The minimum atomic E-state index is -0.587. The lowest BCUT2D eigenvalue weighted by molar-refractivity contribution is -0.130. The van der Waals surface area contributed by atoms with Crippen LogP contribution in [0, 0.1) is 11.3 Å². The van der Waals surface area contributed by atoms with Gasteiger partial charge in [-0.3, -0.25) is 14.4 Å². The molecular formula is C22H36ClN7O3. The van der Waals surface area contributed by atoms with Gasteiger partial charge in [0, 0.05) is 54.3 Å². The normalized spacial score (nSPS) is 21.2. The summed E-state index contributed by atoms with van der Waals surface area (Å²) < 4.78 is 0. The highest BCUT2D eigenvalue weighted by molar-refractivity contribution is 6.21. The first kappa shape index (κ1) is 28.1. The molecule has 0 aliphatic heterocycles. The number of amides is 3. The number of allylic oxidation sites excluding steroid dienone is 1. The van der Waals surface area contributed by atoms with Crippen LogP contribution in [0.4, 0.5) is 0 Å². The topological polar surface area (TPSA) is 155 Å². The van der Waals surface area contributed by atoms with Crippen LogP contribution in [0.5, 0.6) is 0 Å². The summed E-state index contributed by atoms with van der Waals surface area (Å²) >= 11 is 6.24.